The lowest BCUT2D eigenvalue weighted by Crippen LogP contribution is -2.36. The first-order valence-corrected chi connectivity index (χ1v) is 7.51. The number of likely N-dealkylation sites (N-methyl/N-ethyl adjacent to an activating group) is 1. The van der Waals surface area contributed by atoms with Crippen LogP contribution in [-0.4, -0.2) is 24.6 Å². The van der Waals surface area contributed by atoms with Crippen LogP contribution in [0.4, 0.5) is 0 Å². The standard InChI is InChI=1S/C15H22Cl2N2O2/c1-9(14(20)18-5)21-13-10(8-19-15(2,3)4)6-11(16)7-12(13)17/h6-7,9,19H,8H2,1-5H3,(H,18,20). The Morgan fingerprint density at radius 1 is 1.33 bits per heavy atom. The van der Waals surface area contributed by atoms with Crippen molar-refractivity contribution in [3.63, 3.8) is 0 Å². The Balaban J connectivity index is 3.03. The summed E-state index contributed by atoms with van der Waals surface area (Å²) >= 11 is 12.3. The van der Waals surface area contributed by atoms with Crippen molar-refractivity contribution in [2.24, 2.45) is 0 Å². The third kappa shape index (κ3) is 5.73. The van der Waals surface area contributed by atoms with Gasteiger partial charge in [-0.15, -0.1) is 0 Å². The van der Waals surface area contributed by atoms with Gasteiger partial charge in [-0.1, -0.05) is 23.2 Å². The fourth-order valence-corrected chi connectivity index (χ4v) is 2.25. The lowest BCUT2D eigenvalue weighted by Gasteiger charge is -2.23. The van der Waals surface area contributed by atoms with Gasteiger partial charge in [-0.25, -0.2) is 0 Å². The zero-order valence-electron chi connectivity index (χ0n) is 13.0. The maximum atomic E-state index is 11.6. The van der Waals surface area contributed by atoms with E-state index >= 15 is 0 Å². The highest BCUT2D eigenvalue weighted by atomic mass is 35.5. The van der Waals surface area contributed by atoms with Crippen molar-refractivity contribution in [1.29, 1.82) is 0 Å². The molecule has 0 saturated heterocycles. The molecule has 118 valence electrons. The van der Waals surface area contributed by atoms with Crippen molar-refractivity contribution >= 4 is 29.1 Å². The van der Waals surface area contributed by atoms with Crippen LogP contribution in [0.1, 0.15) is 33.3 Å². The van der Waals surface area contributed by atoms with Crippen LogP contribution < -0.4 is 15.4 Å². The Morgan fingerprint density at radius 3 is 2.48 bits per heavy atom. The van der Waals surface area contributed by atoms with E-state index in [1.54, 1.807) is 26.1 Å². The predicted octanol–water partition coefficient (Wildman–Crippen LogP) is 3.39. The average molecular weight is 333 g/mol. The van der Waals surface area contributed by atoms with Gasteiger partial charge in [-0.2, -0.15) is 0 Å². The summed E-state index contributed by atoms with van der Waals surface area (Å²) in [7, 11) is 1.56. The minimum atomic E-state index is -0.637. The largest absolute Gasteiger partial charge is 0.479 e. The minimum Gasteiger partial charge on any atom is -0.479 e. The molecule has 0 aliphatic rings. The Hall–Kier alpha value is -0.970. The SMILES string of the molecule is CNC(=O)C(C)Oc1c(Cl)cc(Cl)cc1CNC(C)(C)C. The van der Waals surface area contributed by atoms with Gasteiger partial charge >= 0.3 is 0 Å². The van der Waals surface area contributed by atoms with Crippen molar-refractivity contribution in [3.05, 3.63) is 27.7 Å². The van der Waals surface area contributed by atoms with Gasteiger partial charge in [-0.3, -0.25) is 4.79 Å². The first-order chi connectivity index (χ1) is 9.64. The number of hydrogen-bond acceptors (Lipinski definition) is 3. The third-order valence-electron chi connectivity index (χ3n) is 2.80. The first kappa shape index (κ1) is 18.1. The molecule has 1 aromatic carbocycles. The molecule has 0 fully saturated rings. The molecule has 0 aliphatic heterocycles. The fraction of sp³-hybridized carbons (Fsp3) is 0.533. The van der Waals surface area contributed by atoms with Crippen molar-refractivity contribution in [3.8, 4) is 5.75 Å². The molecule has 4 nitrogen and oxygen atoms in total. The average Bonchev–Trinajstić information content (AvgIpc) is 2.37. The zero-order valence-corrected chi connectivity index (χ0v) is 14.5. The molecular weight excluding hydrogens is 311 g/mol. The second-order valence-electron chi connectivity index (χ2n) is 5.85. The predicted molar refractivity (Wildman–Crippen MR) is 87.2 cm³/mol. The van der Waals surface area contributed by atoms with Gasteiger partial charge in [-0.05, 0) is 39.8 Å². The number of amides is 1. The number of halogens is 2. The van der Waals surface area contributed by atoms with Crippen molar-refractivity contribution in [1.82, 2.24) is 10.6 Å². The van der Waals surface area contributed by atoms with E-state index in [0.717, 1.165) is 5.56 Å². The number of rotatable bonds is 5. The van der Waals surface area contributed by atoms with E-state index in [2.05, 4.69) is 31.4 Å². The normalized spacial score (nSPS) is 12.9. The number of ether oxygens (including phenoxy) is 1. The molecule has 6 heteroatoms. The molecule has 0 bridgehead atoms. The lowest BCUT2D eigenvalue weighted by molar-refractivity contribution is -0.126. The highest BCUT2D eigenvalue weighted by Gasteiger charge is 2.19. The lowest BCUT2D eigenvalue weighted by atomic mass is 10.1. The Kier molecular flexibility index (Phi) is 6.32. The van der Waals surface area contributed by atoms with Crippen molar-refractivity contribution < 1.29 is 9.53 Å². The van der Waals surface area contributed by atoms with Crippen LogP contribution in [0.3, 0.4) is 0 Å². The molecule has 1 rings (SSSR count). The molecule has 0 saturated carbocycles. The third-order valence-corrected chi connectivity index (χ3v) is 3.30. The van der Waals surface area contributed by atoms with Gasteiger partial charge in [0.05, 0.1) is 5.02 Å². The Bertz CT molecular complexity index is 513. The van der Waals surface area contributed by atoms with Gasteiger partial charge in [0.1, 0.15) is 5.75 Å². The summed E-state index contributed by atoms with van der Waals surface area (Å²) < 4.78 is 5.71. The van der Waals surface area contributed by atoms with E-state index in [9.17, 15) is 4.79 Å². The number of carbonyl (C=O) groups is 1. The van der Waals surface area contributed by atoms with Crippen LogP contribution in [0.25, 0.3) is 0 Å². The van der Waals surface area contributed by atoms with Crippen LogP contribution in [0.2, 0.25) is 10.0 Å². The number of benzene rings is 1. The summed E-state index contributed by atoms with van der Waals surface area (Å²) in [4.78, 5) is 11.6. The smallest absolute Gasteiger partial charge is 0.260 e. The second kappa shape index (κ2) is 7.34. The fourth-order valence-electron chi connectivity index (χ4n) is 1.67. The summed E-state index contributed by atoms with van der Waals surface area (Å²) in [5.41, 5.74) is 0.761. The van der Waals surface area contributed by atoms with E-state index in [-0.39, 0.29) is 11.4 Å². The molecule has 1 amide bonds. The van der Waals surface area contributed by atoms with Crippen LogP contribution in [0, 0.1) is 0 Å². The second-order valence-corrected chi connectivity index (χ2v) is 6.70. The van der Waals surface area contributed by atoms with E-state index < -0.39 is 6.10 Å². The Morgan fingerprint density at radius 2 is 1.95 bits per heavy atom. The molecule has 0 aliphatic carbocycles. The molecule has 2 N–H and O–H groups in total. The van der Waals surface area contributed by atoms with Gasteiger partial charge in [0.25, 0.3) is 5.91 Å². The van der Waals surface area contributed by atoms with Crippen molar-refractivity contribution in [2.45, 2.75) is 45.9 Å². The molecule has 1 atom stereocenters. The highest BCUT2D eigenvalue weighted by Crippen LogP contribution is 2.33. The maximum absolute atomic E-state index is 11.6. The monoisotopic (exact) mass is 332 g/mol. The molecule has 0 heterocycles. The van der Waals surface area contributed by atoms with Gasteiger partial charge < -0.3 is 15.4 Å². The quantitative estimate of drug-likeness (QED) is 0.868. The molecule has 0 radical (unpaired) electrons. The summed E-state index contributed by atoms with van der Waals surface area (Å²) in [6, 6.07) is 3.40. The van der Waals surface area contributed by atoms with Gasteiger partial charge in [0.2, 0.25) is 0 Å². The topological polar surface area (TPSA) is 50.4 Å². The van der Waals surface area contributed by atoms with E-state index in [1.165, 1.54) is 0 Å². The maximum Gasteiger partial charge on any atom is 0.260 e. The summed E-state index contributed by atoms with van der Waals surface area (Å²) in [6.07, 6.45) is -0.637. The van der Waals surface area contributed by atoms with Gasteiger partial charge in [0, 0.05) is 29.7 Å². The number of nitrogens with one attached hydrogen (secondary N) is 2. The summed E-state index contributed by atoms with van der Waals surface area (Å²) in [5, 5.41) is 6.82. The number of hydrogen-bond donors (Lipinski definition) is 2. The summed E-state index contributed by atoms with van der Waals surface area (Å²) in [5.74, 6) is 0.268. The van der Waals surface area contributed by atoms with Crippen LogP contribution in [0.5, 0.6) is 5.75 Å². The van der Waals surface area contributed by atoms with E-state index in [1.807, 2.05) is 0 Å². The molecule has 0 spiro atoms. The van der Waals surface area contributed by atoms with Gasteiger partial charge in [0.15, 0.2) is 6.10 Å². The molecular formula is C15H22Cl2N2O2. The zero-order chi connectivity index (χ0) is 16.2. The highest BCUT2D eigenvalue weighted by molar-refractivity contribution is 6.35. The van der Waals surface area contributed by atoms with Crippen LogP contribution in [0.15, 0.2) is 12.1 Å². The van der Waals surface area contributed by atoms with Crippen LogP contribution in [-0.2, 0) is 11.3 Å². The van der Waals surface area contributed by atoms with Crippen LogP contribution >= 0.6 is 23.2 Å². The van der Waals surface area contributed by atoms with E-state index in [4.69, 9.17) is 27.9 Å². The minimum absolute atomic E-state index is 0.0571. The Labute approximate surface area is 136 Å². The van der Waals surface area contributed by atoms with Crippen molar-refractivity contribution in [2.75, 3.05) is 7.05 Å². The number of carbonyl (C=O) groups excluding carboxylic acids is 1. The molecule has 0 aromatic heterocycles. The molecule has 21 heavy (non-hydrogen) atoms. The first-order valence-electron chi connectivity index (χ1n) is 6.75. The molecule has 1 unspecified atom stereocenters. The van der Waals surface area contributed by atoms with E-state index in [0.29, 0.717) is 22.3 Å². The molecule has 1 aromatic rings. The summed E-state index contributed by atoms with van der Waals surface area (Å²) in [6.45, 7) is 8.40.